The van der Waals surface area contributed by atoms with Gasteiger partial charge in [0.15, 0.2) is 11.5 Å². The van der Waals surface area contributed by atoms with Crippen molar-refractivity contribution in [3.8, 4) is 11.4 Å². The number of carbonyl (C=O) groups is 2. The van der Waals surface area contributed by atoms with E-state index in [2.05, 4.69) is 25.8 Å². The van der Waals surface area contributed by atoms with Crippen LogP contribution in [0.25, 0.3) is 17.0 Å². The van der Waals surface area contributed by atoms with Crippen molar-refractivity contribution in [2.24, 2.45) is 0 Å². The number of H-pyrrole nitrogens is 1. The summed E-state index contributed by atoms with van der Waals surface area (Å²) in [5.74, 6) is 0.0831. The van der Waals surface area contributed by atoms with Crippen LogP contribution in [0, 0.1) is 0 Å². The molecule has 8 nitrogen and oxygen atoms in total. The van der Waals surface area contributed by atoms with E-state index in [1.54, 1.807) is 18.2 Å². The average Bonchev–Trinajstić information content (AvgIpc) is 3.05. The summed E-state index contributed by atoms with van der Waals surface area (Å²) < 4.78 is 1.46. The van der Waals surface area contributed by atoms with Crippen LogP contribution in [0.3, 0.4) is 0 Å². The molecule has 142 valence electrons. The molecular weight excluding hydrogens is 368 g/mol. The molecule has 0 radical (unpaired) electrons. The van der Waals surface area contributed by atoms with Gasteiger partial charge in [-0.1, -0.05) is 32.4 Å². The third-order valence-electron chi connectivity index (χ3n) is 3.80. The molecule has 9 heteroatoms. The lowest BCUT2D eigenvalue weighted by atomic mass is 9.92. The molecule has 0 atom stereocenters. The zero-order valence-electron chi connectivity index (χ0n) is 15.8. The average molecular weight is 389 g/mol. The van der Waals surface area contributed by atoms with Crippen molar-refractivity contribution < 1.29 is 9.59 Å². The van der Waals surface area contributed by atoms with Crippen molar-refractivity contribution in [2.75, 3.05) is 10.6 Å². The summed E-state index contributed by atoms with van der Waals surface area (Å²) in [6, 6.07) is 5.18. The maximum absolute atomic E-state index is 11.4. The molecule has 0 aliphatic carbocycles. The Hall–Kier alpha value is -2.87. The standard InChI is InChI=1S/C18H21ClN6O2/c1-9(26)20-12-6-11(7-13(8-12)21-10(2)27)16-22-17-14(19)15(18(3,4)5)23-25(17)24-16/h6-8H,1-5H3,(H,20,26)(H,21,27)(H,22,24). The largest absolute Gasteiger partial charge is 0.326 e. The van der Waals surface area contributed by atoms with Gasteiger partial charge in [0.25, 0.3) is 0 Å². The molecule has 27 heavy (non-hydrogen) atoms. The number of hydrogen-bond acceptors (Lipinski definition) is 4. The predicted octanol–water partition coefficient (Wildman–Crippen LogP) is 3.59. The number of amides is 2. The molecule has 0 bridgehead atoms. The fraction of sp³-hybridized carbons (Fsp3) is 0.333. The minimum Gasteiger partial charge on any atom is -0.326 e. The van der Waals surface area contributed by atoms with Crippen molar-refractivity contribution in [1.29, 1.82) is 0 Å². The highest BCUT2D eigenvalue weighted by molar-refractivity contribution is 6.34. The molecule has 3 rings (SSSR count). The van der Waals surface area contributed by atoms with Crippen molar-refractivity contribution >= 4 is 40.4 Å². The third-order valence-corrected chi connectivity index (χ3v) is 4.16. The molecule has 0 saturated carbocycles. The summed E-state index contributed by atoms with van der Waals surface area (Å²) in [6.45, 7) is 8.91. The normalized spacial score (nSPS) is 11.6. The number of carbonyl (C=O) groups excluding carboxylic acids is 2. The van der Waals surface area contributed by atoms with Crippen molar-refractivity contribution in [1.82, 2.24) is 19.8 Å². The summed E-state index contributed by atoms with van der Waals surface area (Å²) >= 11 is 6.47. The van der Waals surface area contributed by atoms with Crippen molar-refractivity contribution in [3.63, 3.8) is 0 Å². The Morgan fingerprint density at radius 2 is 1.59 bits per heavy atom. The summed E-state index contributed by atoms with van der Waals surface area (Å²) in [5, 5.41) is 14.9. The van der Waals surface area contributed by atoms with Gasteiger partial charge in [0.05, 0.1) is 5.69 Å². The molecule has 3 aromatic rings. The van der Waals surface area contributed by atoms with Gasteiger partial charge in [-0.15, -0.1) is 9.73 Å². The lowest BCUT2D eigenvalue weighted by molar-refractivity contribution is -0.115. The number of nitrogens with one attached hydrogen (secondary N) is 3. The lowest BCUT2D eigenvalue weighted by Gasteiger charge is -2.14. The van der Waals surface area contributed by atoms with Crippen LogP contribution in [0.15, 0.2) is 18.2 Å². The zero-order chi connectivity index (χ0) is 19.9. The lowest BCUT2D eigenvalue weighted by Crippen LogP contribution is -2.13. The van der Waals surface area contributed by atoms with E-state index in [0.717, 1.165) is 5.69 Å². The maximum atomic E-state index is 11.4. The van der Waals surface area contributed by atoms with E-state index >= 15 is 0 Å². The van der Waals surface area contributed by atoms with Gasteiger partial charge in [-0.25, -0.2) is 0 Å². The first-order valence-corrected chi connectivity index (χ1v) is 8.78. The Morgan fingerprint density at radius 1 is 1.04 bits per heavy atom. The second-order valence-corrected chi connectivity index (χ2v) is 7.76. The maximum Gasteiger partial charge on any atom is 0.221 e. The van der Waals surface area contributed by atoms with Crippen LogP contribution in [-0.4, -0.2) is 31.6 Å². The number of aromatic amines is 1. The number of hydrogen-bond donors (Lipinski definition) is 3. The number of aromatic nitrogens is 4. The Labute approximate surface area is 161 Å². The highest BCUT2D eigenvalue weighted by Gasteiger charge is 2.25. The highest BCUT2D eigenvalue weighted by Crippen LogP contribution is 2.32. The van der Waals surface area contributed by atoms with E-state index in [0.29, 0.717) is 33.4 Å². The number of anilines is 2. The summed E-state index contributed by atoms with van der Waals surface area (Å²) in [6.07, 6.45) is 0. The van der Waals surface area contributed by atoms with E-state index < -0.39 is 0 Å². The second-order valence-electron chi connectivity index (χ2n) is 7.39. The van der Waals surface area contributed by atoms with E-state index in [1.165, 1.54) is 18.5 Å². The molecular formula is C18H21ClN6O2. The van der Waals surface area contributed by atoms with E-state index in [-0.39, 0.29) is 17.2 Å². The van der Waals surface area contributed by atoms with E-state index in [9.17, 15) is 9.59 Å². The van der Waals surface area contributed by atoms with Crippen LogP contribution >= 0.6 is 11.6 Å². The van der Waals surface area contributed by atoms with Gasteiger partial charge in [-0.05, 0) is 18.2 Å². The van der Waals surface area contributed by atoms with Gasteiger partial charge in [0.2, 0.25) is 11.8 Å². The molecule has 2 heterocycles. The quantitative estimate of drug-likeness (QED) is 0.637. The van der Waals surface area contributed by atoms with Crippen LogP contribution < -0.4 is 10.6 Å². The van der Waals surface area contributed by atoms with Gasteiger partial charge in [0, 0.05) is 36.2 Å². The molecule has 0 unspecified atom stereocenters. The summed E-state index contributed by atoms with van der Waals surface area (Å²) in [5.41, 5.74) is 2.88. The number of benzene rings is 1. The predicted molar refractivity (Wildman–Crippen MR) is 105 cm³/mol. The Kier molecular flexibility index (Phi) is 4.69. The summed E-state index contributed by atoms with van der Waals surface area (Å²) in [7, 11) is 0. The molecule has 1 aromatic carbocycles. The number of rotatable bonds is 3. The molecule has 0 saturated heterocycles. The molecule has 2 amide bonds. The number of fused-ring (bicyclic) bond motifs is 1. The van der Waals surface area contributed by atoms with Crippen LogP contribution in [0.2, 0.25) is 5.02 Å². The van der Waals surface area contributed by atoms with E-state index in [4.69, 9.17) is 11.6 Å². The molecule has 2 aromatic heterocycles. The van der Waals surface area contributed by atoms with Crippen LogP contribution in [0.5, 0.6) is 0 Å². The van der Waals surface area contributed by atoms with Crippen molar-refractivity contribution in [2.45, 2.75) is 40.0 Å². The van der Waals surface area contributed by atoms with Crippen LogP contribution in [0.1, 0.15) is 40.3 Å². The second kappa shape index (κ2) is 6.70. The number of nitrogens with zero attached hydrogens (tertiary/aromatic N) is 3. The molecule has 0 aliphatic rings. The van der Waals surface area contributed by atoms with E-state index in [1.807, 2.05) is 20.8 Å². The topological polar surface area (TPSA) is 104 Å². The van der Waals surface area contributed by atoms with Gasteiger partial charge in [-0.3, -0.25) is 9.59 Å². The van der Waals surface area contributed by atoms with Gasteiger partial charge >= 0.3 is 0 Å². The highest BCUT2D eigenvalue weighted by atomic mass is 35.5. The van der Waals surface area contributed by atoms with Crippen LogP contribution in [0.4, 0.5) is 11.4 Å². The number of halogens is 1. The van der Waals surface area contributed by atoms with Crippen molar-refractivity contribution in [3.05, 3.63) is 28.9 Å². The minimum atomic E-state index is -0.215. The zero-order valence-corrected chi connectivity index (χ0v) is 16.5. The SMILES string of the molecule is CC(=O)Nc1cc(NC(C)=O)cc(-c2nn3nc(C(C)(C)C)c(Cl)c3[nH]2)c1. The van der Waals surface area contributed by atoms with Gasteiger partial charge in [-0.2, -0.15) is 5.10 Å². The Balaban J connectivity index is 2.09. The smallest absolute Gasteiger partial charge is 0.221 e. The third kappa shape index (κ3) is 3.95. The fourth-order valence-corrected chi connectivity index (χ4v) is 3.17. The molecule has 0 fully saturated rings. The first kappa shape index (κ1) is 18.9. The first-order chi connectivity index (χ1) is 12.5. The van der Waals surface area contributed by atoms with Gasteiger partial charge < -0.3 is 15.6 Å². The summed E-state index contributed by atoms with van der Waals surface area (Å²) in [4.78, 5) is 26.0. The Bertz CT molecular complexity index is 1010. The van der Waals surface area contributed by atoms with Gasteiger partial charge in [0.1, 0.15) is 5.02 Å². The van der Waals surface area contributed by atoms with Crippen LogP contribution in [-0.2, 0) is 15.0 Å². The first-order valence-electron chi connectivity index (χ1n) is 8.40. The fourth-order valence-electron chi connectivity index (χ4n) is 2.72. The molecule has 0 aliphatic heterocycles. The Morgan fingerprint density at radius 3 is 2.04 bits per heavy atom. The molecule has 3 N–H and O–H groups in total. The monoisotopic (exact) mass is 388 g/mol. The minimum absolute atomic E-state index is 0.213. The molecule has 0 spiro atoms.